The number of nitrogens with zero attached hydrogens (tertiary/aromatic N) is 1. The highest BCUT2D eigenvalue weighted by Crippen LogP contribution is 2.11. The van der Waals surface area contributed by atoms with Crippen LogP contribution in [0.2, 0.25) is 0 Å². The molecule has 0 spiro atoms. The van der Waals surface area contributed by atoms with E-state index in [1.165, 1.54) is 11.6 Å². The number of hydrogen-bond acceptors (Lipinski definition) is 2. The normalized spacial score (nSPS) is 12.9. The fraction of sp³-hybridized carbons (Fsp3) is 0.400. The van der Waals surface area contributed by atoms with E-state index in [4.69, 9.17) is 4.74 Å². The van der Waals surface area contributed by atoms with Gasteiger partial charge in [0.15, 0.2) is 0 Å². The van der Waals surface area contributed by atoms with Gasteiger partial charge in [-0.3, -0.25) is 0 Å². The zero-order valence-electron chi connectivity index (χ0n) is 11.6. The van der Waals surface area contributed by atoms with E-state index < -0.39 is 0 Å². The van der Waals surface area contributed by atoms with Gasteiger partial charge in [-0.15, -0.1) is 0 Å². The fourth-order valence-corrected chi connectivity index (χ4v) is 1.80. The Hall–Kier alpha value is -1.32. The molecular weight excluding hydrogens is 262 g/mol. The maximum absolute atomic E-state index is 11.0. The molecule has 1 unspecified atom stereocenters. The lowest BCUT2D eigenvalue weighted by Gasteiger charge is -2.33. The average Bonchev–Trinajstić information content (AvgIpc) is 2.39. The molecule has 0 aliphatic rings. The average molecular weight is 284 g/mol. The van der Waals surface area contributed by atoms with Crippen LogP contribution < -0.4 is 12.4 Å². The third-order valence-electron chi connectivity index (χ3n) is 3.21. The molecule has 0 amide bonds. The summed E-state index contributed by atoms with van der Waals surface area (Å²) in [5.74, 6) is -0.350. The van der Waals surface area contributed by atoms with Crippen molar-refractivity contribution < 1.29 is 26.4 Å². The second-order valence-electron chi connectivity index (χ2n) is 4.67. The minimum Gasteiger partial charge on any atom is -1.00 e. The van der Waals surface area contributed by atoms with Crippen LogP contribution in [0.5, 0.6) is 0 Å². The van der Waals surface area contributed by atoms with Gasteiger partial charge in [-0.25, -0.2) is 4.79 Å². The van der Waals surface area contributed by atoms with Crippen molar-refractivity contribution in [2.45, 2.75) is 13.5 Å². The number of rotatable bonds is 7. The summed E-state index contributed by atoms with van der Waals surface area (Å²) in [7, 11) is 2.18. The van der Waals surface area contributed by atoms with E-state index in [1.807, 2.05) is 18.2 Å². The van der Waals surface area contributed by atoms with E-state index in [2.05, 4.69) is 32.7 Å². The molecule has 0 radical (unpaired) electrons. The standard InChI is InChI=1S/C15H22NO2.ClH/c1-4-15(17)18-12-11-16(3,5-2)13-14-9-7-6-8-10-14;/h4,6-10H,1,5,11-13H2,2-3H3;1H/q+1;/p-1. The summed E-state index contributed by atoms with van der Waals surface area (Å²) in [5, 5.41) is 0. The molecule has 0 saturated heterocycles. The van der Waals surface area contributed by atoms with Crippen LogP contribution in [0.4, 0.5) is 0 Å². The van der Waals surface area contributed by atoms with Crippen LogP contribution in [-0.4, -0.2) is 37.2 Å². The number of carbonyl (C=O) groups is 1. The quantitative estimate of drug-likeness (QED) is 0.379. The second kappa shape index (κ2) is 8.73. The number of benzene rings is 1. The van der Waals surface area contributed by atoms with Gasteiger partial charge in [-0.1, -0.05) is 36.9 Å². The first-order chi connectivity index (χ1) is 8.59. The number of hydrogen-bond donors (Lipinski definition) is 0. The van der Waals surface area contributed by atoms with Gasteiger partial charge in [0.05, 0.1) is 13.6 Å². The number of quaternary nitrogens is 1. The SMILES string of the molecule is C=CC(=O)OCC[N+](C)(CC)Cc1ccccc1.[Cl-]. The minimum absolute atomic E-state index is 0. The van der Waals surface area contributed by atoms with Crippen molar-refractivity contribution in [1.82, 2.24) is 0 Å². The summed E-state index contributed by atoms with van der Waals surface area (Å²) >= 11 is 0. The third-order valence-corrected chi connectivity index (χ3v) is 3.21. The Labute approximate surface area is 121 Å². The van der Waals surface area contributed by atoms with Crippen molar-refractivity contribution in [2.24, 2.45) is 0 Å². The molecule has 106 valence electrons. The molecular formula is C15H22ClNO2. The lowest BCUT2D eigenvalue weighted by atomic mass is 10.2. The Morgan fingerprint density at radius 1 is 1.37 bits per heavy atom. The summed E-state index contributed by atoms with van der Waals surface area (Å²) in [6, 6.07) is 10.4. The molecule has 3 nitrogen and oxygen atoms in total. The van der Waals surface area contributed by atoms with Crippen LogP contribution in [0, 0.1) is 0 Å². The summed E-state index contributed by atoms with van der Waals surface area (Å²) < 4.78 is 5.91. The number of halogens is 1. The molecule has 19 heavy (non-hydrogen) atoms. The lowest BCUT2D eigenvalue weighted by molar-refractivity contribution is -0.921. The molecule has 1 rings (SSSR count). The van der Waals surface area contributed by atoms with Crippen molar-refractivity contribution in [3.8, 4) is 0 Å². The third kappa shape index (κ3) is 6.41. The molecule has 0 N–H and O–H groups in total. The van der Waals surface area contributed by atoms with Gasteiger partial charge in [-0.2, -0.15) is 0 Å². The highest BCUT2D eigenvalue weighted by molar-refractivity contribution is 5.81. The van der Waals surface area contributed by atoms with Crippen LogP contribution in [0.25, 0.3) is 0 Å². The van der Waals surface area contributed by atoms with Gasteiger partial charge in [0.1, 0.15) is 19.7 Å². The van der Waals surface area contributed by atoms with Crippen molar-refractivity contribution in [2.75, 3.05) is 26.7 Å². The fourth-order valence-electron chi connectivity index (χ4n) is 1.80. The molecule has 1 atom stereocenters. The number of likely N-dealkylation sites (N-methyl/N-ethyl adjacent to an activating group) is 1. The van der Waals surface area contributed by atoms with Gasteiger partial charge in [0.2, 0.25) is 0 Å². The number of ether oxygens (including phenoxy) is 1. The Morgan fingerprint density at radius 2 is 2.00 bits per heavy atom. The molecule has 4 heteroatoms. The van der Waals surface area contributed by atoms with Gasteiger partial charge in [0, 0.05) is 11.6 Å². The highest BCUT2D eigenvalue weighted by atomic mass is 35.5. The predicted molar refractivity (Wildman–Crippen MR) is 72.9 cm³/mol. The molecule has 0 bridgehead atoms. The van der Waals surface area contributed by atoms with Crippen LogP contribution in [0.15, 0.2) is 43.0 Å². The molecule has 1 aromatic carbocycles. The summed E-state index contributed by atoms with van der Waals surface area (Å²) in [5.41, 5.74) is 1.30. The lowest BCUT2D eigenvalue weighted by Crippen LogP contribution is -3.00. The molecule has 1 aromatic rings. The molecule has 0 aliphatic heterocycles. The molecule has 0 aliphatic carbocycles. The first-order valence-corrected chi connectivity index (χ1v) is 6.26. The summed E-state index contributed by atoms with van der Waals surface area (Å²) in [4.78, 5) is 11.0. The number of carbonyl (C=O) groups excluding carboxylic acids is 1. The van der Waals surface area contributed by atoms with E-state index in [0.29, 0.717) is 6.61 Å². The first-order valence-electron chi connectivity index (χ1n) is 6.26. The van der Waals surface area contributed by atoms with E-state index in [-0.39, 0.29) is 18.4 Å². The topological polar surface area (TPSA) is 26.3 Å². The van der Waals surface area contributed by atoms with Crippen molar-refractivity contribution in [1.29, 1.82) is 0 Å². The van der Waals surface area contributed by atoms with Gasteiger partial charge in [-0.05, 0) is 6.92 Å². The van der Waals surface area contributed by atoms with Crippen LogP contribution >= 0.6 is 0 Å². The maximum Gasteiger partial charge on any atom is 0.330 e. The smallest absolute Gasteiger partial charge is 0.330 e. The Bertz CT molecular complexity index is 394. The van der Waals surface area contributed by atoms with E-state index in [9.17, 15) is 4.79 Å². The molecule has 0 heterocycles. The maximum atomic E-state index is 11.0. The largest absolute Gasteiger partial charge is 1.00 e. The predicted octanol–water partition coefficient (Wildman–Crippen LogP) is -0.614. The van der Waals surface area contributed by atoms with Gasteiger partial charge in [0.25, 0.3) is 0 Å². The van der Waals surface area contributed by atoms with E-state index >= 15 is 0 Å². The zero-order chi connectivity index (χ0) is 13.4. The van der Waals surface area contributed by atoms with Crippen molar-refractivity contribution >= 4 is 5.97 Å². The van der Waals surface area contributed by atoms with Crippen LogP contribution in [-0.2, 0) is 16.1 Å². The molecule has 0 aromatic heterocycles. The van der Waals surface area contributed by atoms with Crippen LogP contribution in [0.1, 0.15) is 12.5 Å². The van der Waals surface area contributed by atoms with Gasteiger partial charge >= 0.3 is 5.97 Å². The van der Waals surface area contributed by atoms with E-state index in [1.54, 1.807) is 0 Å². The Morgan fingerprint density at radius 3 is 2.53 bits per heavy atom. The Kier molecular flexibility index (Phi) is 8.12. The van der Waals surface area contributed by atoms with Crippen LogP contribution in [0.3, 0.4) is 0 Å². The van der Waals surface area contributed by atoms with Crippen molar-refractivity contribution in [3.05, 3.63) is 48.6 Å². The summed E-state index contributed by atoms with van der Waals surface area (Å²) in [6.45, 7) is 8.73. The van der Waals surface area contributed by atoms with Gasteiger partial charge < -0.3 is 21.6 Å². The zero-order valence-corrected chi connectivity index (χ0v) is 12.4. The van der Waals surface area contributed by atoms with E-state index in [0.717, 1.165) is 24.1 Å². The first kappa shape index (κ1) is 17.7. The minimum atomic E-state index is -0.350. The van der Waals surface area contributed by atoms with Crippen molar-refractivity contribution in [3.63, 3.8) is 0 Å². The Balaban J connectivity index is 0.00000324. The number of esters is 1. The molecule has 0 fully saturated rings. The monoisotopic (exact) mass is 283 g/mol. The summed E-state index contributed by atoms with van der Waals surface area (Å²) in [6.07, 6.45) is 1.20. The molecule has 0 saturated carbocycles. The highest BCUT2D eigenvalue weighted by Gasteiger charge is 2.20. The second-order valence-corrected chi connectivity index (χ2v) is 4.67.